The molecule has 108 valence electrons. The van der Waals surface area contributed by atoms with Crippen LogP contribution in [-0.2, 0) is 11.3 Å². The van der Waals surface area contributed by atoms with Gasteiger partial charge in [-0.15, -0.1) is 0 Å². The molecule has 1 aromatic carbocycles. The number of carbonyl (C=O) groups excluding carboxylic acids is 1. The number of hydrogen-bond acceptors (Lipinski definition) is 2. The molecule has 2 fully saturated rings. The number of rotatable bonds is 4. The van der Waals surface area contributed by atoms with Crippen molar-refractivity contribution < 1.29 is 13.6 Å². The lowest BCUT2D eigenvalue weighted by atomic mass is 10.1. The fourth-order valence-electron chi connectivity index (χ4n) is 2.73. The lowest BCUT2D eigenvalue weighted by Gasteiger charge is -2.24. The first kappa shape index (κ1) is 13.5. The minimum atomic E-state index is -0.833. The summed E-state index contributed by atoms with van der Waals surface area (Å²) < 4.78 is 26.9. The fourth-order valence-corrected chi connectivity index (χ4v) is 2.73. The van der Waals surface area contributed by atoms with Gasteiger partial charge in [0.05, 0.1) is 6.04 Å². The Hall–Kier alpha value is -1.49. The van der Waals surface area contributed by atoms with E-state index in [4.69, 9.17) is 0 Å². The Bertz CT molecular complexity index is 517. The average molecular weight is 280 g/mol. The second-order valence-corrected chi connectivity index (χ2v) is 5.62. The molecular formula is C15H18F2N2O. The summed E-state index contributed by atoms with van der Waals surface area (Å²) in [5, 5.41) is 2.99. The minimum Gasteiger partial charge on any atom is -0.352 e. The monoisotopic (exact) mass is 280 g/mol. The number of halogens is 2. The Labute approximate surface area is 117 Å². The van der Waals surface area contributed by atoms with Gasteiger partial charge in [-0.05, 0) is 38.3 Å². The Kier molecular flexibility index (Phi) is 3.70. The van der Waals surface area contributed by atoms with Crippen LogP contribution in [0.4, 0.5) is 8.78 Å². The van der Waals surface area contributed by atoms with E-state index in [9.17, 15) is 13.6 Å². The van der Waals surface area contributed by atoms with Crippen molar-refractivity contribution >= 4 is 5.91 Å². The lowest BCUT2D eigenvalue weighted by Crippen LogP contribution is -2.43. The molecule has 0 bridgehead atoms. The average Bonchev–Trinajstić information content (AvgIpc) is 3.11. The minimum absolute atomic E-state index is 0.0295. The van der Waals surface area contributed by atoms with Gasteiger partial charge in [0.25, 0.3) is 0 Å². The maximum Gasteiger partial charge on any atom is 0.237 e. The molecule has 3 nitrogen and oxygen atoms in total. The second kappa shape index (κ2) is 5.48. The van der Waals surface area contributed by atoms with E-state index in [0.717, 1.165) is 38.3 Å². The predicted octanol–water partition coefficient (Wildman–Crippen LogP) is 2.21. The third-order valence-corrected chi connectivity index (χ3v) is 4.00. The molecule has 1 N–H and O–H groups in total. The molecule has 0 spiro atoms. The number of amides is 1. The van der Waals surface area contributed by atoms with Gasteiger partial charge < -0.3 is 5.32 Å². The number of nitrogens with one attached hydrogen (secondary N) is 1. The number of likely N-dealkylation sites (tertiary alicyclic amines) is 1. The standard InChI is InChI=1S/C15H18F2N2O/c16-12-4-1-3-10(14(12)17)9-19-8-2-5-13(19)15(20)18-11-6-7-11/h1,3-4,11,13H,2,5-9H2,(H,18,20). The SMILES string of the molecule is O=C(NC1CC1)C1CCCN1Cc1cccc(F)c1F. The van der Waals surface area contributed by atoms with Crippen molar-refractivity contribution in [2.45, 2.75) is 44.3 Å². The van der Waals surface area contributed by atoms with E-state index in [-0.39, 0.29) is 18.5 Å². The van der Waals surface area contributed by atoms with Gasteiger partial charge in [0.15, 0.2) is 11.6 Å². The van der Waals surface area contributed by atoms with Crippen molar-refractivity contribution in [1.29, 1.82) is 0 Å². The Morgan fingerprint density at radius 1 is 1.30 bits per heavy atom. The van der Waals surface area contributed by atoms with Crippen molar-refractivity contribution in [1.82, 2.24) is 10.2 Å². The number of benzene rings is 1. The highest BCUT2D eigenvalue weighted by Crippen LogP contribution is 2.24. The van der Waals surface area contributed by atoms with E-state index in [0.29, 0.717) is 11.6 Å². The summed E-state index contributed by atoms with van der Waals surface area (Å²) in [6.07, 6.45) is 3.81. The fraction of sp³-hybridized carbons (Fsp3) is 0.533. The van der Waals surface area contributed by atoms with Gasteiger partial charge in [-0.1, -0.05) is 12.1 Å². The molecule has 5 heteroatoms. The van der Waals surface area contributed by atoms with Crippen molar-refractivity contribution in [2.24, 2.45) is 0 Å². The number of nitrogens with zero attached hydrogens (tertiary/aromatic N) is 1. The van der Waals surface area contributed by atoms with Crippen molar-refractivity contribution in [3.05, 3.63) is 35.4 Å². The van der Waals surface area contributed by atoms with Gasteiger partial charge in [0.2, 0.25) is 5.91 Å². The van der Waals surface area contributed by atoms with Gasteiger partial charge in [-0.2, -0.15) is 0 Å². The Balaban J connectivity index is 1.68. The molecule has 1 saturated carbocycles. The van der Waals surface area contributed by atoms with Crippen LogP contribution in [0.2, 0.25) is 0 Å². The Morgan fingerprint density at radius 3 is 2.85 bits per heavy atom. The molecule has 1 amide bonds. The zero-order chi connectivity index (χ0) is 14.1. The first-order valence-electron chi connectivity index (χ1n) is 7.12. The molecule has 1 aliphatic heterocycles. The van der Waals surface area contributed by atoms with E-state index < -0.39 is 11.6 Å². The Morgan fingerprint density at radius 2 is 2.10 bits per heavy atom. The van der Waals surface area contributed by atoms with E-state index in [2.05, 4.69) is 5.32 Å². The molecule has 0 aromatic heterocycles. The molecule has 2 aliphatic rings. The van der Waals surface area contributed by atoms with E-state index in [1.807, 2.05) is 4.90 Å². The number of carbonyl (C=O) groups is 1. The van der Waals surface area contributed by atoms with Gasteiger partial charge in [0.1, 0.15) is 0 Å². The zero-order valence-corrected chi connectivity index (χ0v) is 11.2. The van der Waals surface area contributed by atoms with Crippen LogP contribution < -0.4 is 5.32 Å². The summed E-state index contributed by atoms with van der Waals surface area (Å²) in [5.41, 5.74) is 0.316. The van der Waals surface area contributed by atoms with Gasteiger partial charge in [-0.25, -0.2) is 8.78 Å². The largest absolute Gasteiger partial charge is 0.352 e. The third kappa shape index (κ3) is 2.82. The van der Waals surface area contributed by atoms with E-state index in [1.165, 1.54) is 6.07 Å². The van der Waals surface area contributed by atoms with Gasteiger partial charge in [0, 0.05) is 18.2 Å². The molecule has 1 atom stereocenters. The summed E-state index contributed by atoms with van der Waals surface area (Å²) in [4.78, 5) is 14.1. The molecule has 3 rings (SSSR count). The predicted molar refractivity (Wildman–Crippen MR) is 71.0 cm³/mol. The summed E-state index contributed by atoms with van der Waals surface area (Å²) in [7, 11) is 0. The summed E-state index contributed by atoms with van der Waals surface area (Å²) in [6, 6.07) is 4.31. The van der Waals surface area contributed by atoms with Crippen LogP contribution in [-0.4, -0.2) is 29.4 Å². The van der Waals surface area contributed by atoms with Crippen molar-refractivity contribution in [3.63, 3.8) is 0 Å². The first-order valence-corrected chi connectivity index (χ1v) is 7.12. The molecule has 1 aromatic rings. The van der Waals surface area contributed by atoms with Crippen molar-refractivity contribution in [3.8, 4) is 0 Å². The lowest BCUT2D eigenvalue weighted by molar-refractivity contribution is -0.125. The summed E-state index contributed by atoms with van der Waals surface area (Å²) in [6.45, 7) is 1.03. The summed E-state index contributed by atoms with van der Waals surface area (Å²) >= 11 is 0. The first-order chi connectivity index (χ1) is 9.65. The molecule has 1 unspecified atom stereocenters. The highest BCUT2D eigenvalue weighted by atomic mass is 19.2. The highest BCUT2D eigenvalue weighted by Gasteiger charge is 2.34. The molecule has 1 aliphatic carbocycles. The van der Waals surface area contributed by atoms with Crippen LogP contribution in [0.3, 0.4) is 0 Å². The van der Waals surface area contributed by atoms with Crippen LogP contribution in [0.5, 0.6) is 0 Å². The normalized spacial score (nSPS) is 23.0. The topological polar surface area (TPSA) is 32.3 Å². The quantitative estimate of drug-likeness (QED) is 0.917. The van der Waals surface area contributed by atoms with Gasteiger partial charge in [-0.3, -0.25) is 9.69 Å². The highest BCUT2D eigenvalue weighted by molar-refractivity contribution is 5.82. The molecule has 1 heterocycles. The molecule has 20 heavy (non-hydrogen) atoms. The van der Waals surface area contributed by atoms with Crippen LogP contribution in [0.25, 0.3) is 0 Å². The summed E-state index contributed by atoms with van der Waals surface area (Å²) in [5.74, 6) is -1.61. The van der Waals surface area contributed by atoms with Gasteiger partial charge >= 0.3 is 0 Å². The van der Waals surface area contributed by atoms with Crippen LogP contribution in [0.15, 0.2) is 18.2 Å². The molecule has 0 radical (unpaired) electrons. The van der Waals surface area contributed by atoms with Crippen LogP contribution >= 0.6 is 0 Å². The number of hydrogen-bond donors (Lipinski definition) is 1. The van der Waals surface area contributed by atoms with Crippen molar-refractivity contribution in [2.75, 3.05) is 6.54 Å². The van der Waals surface area contributed by atoms with E-state index >= 15 is 0 Å². The zero-order valence-electron chi connectivity index (χ0n) is 11.2. The van der Waals surface area contributed by atoms with Crippen LogP contribution in [0.1, 0.15) is 31.2 Å². The second-order valence-electron chi connectivity index (χ2n) is 5.62. The van der Waals surface area contributed by atoms with Crippen LogP contribution in [0, 0.1) is 11.6 Å². The maximum atomic E-state index is 13.7. The molecule has 1 saturated heterocycles. The van der Waals surface area contributed by atoms with E-state index in [1.54, 1.807) is 6.07 Å². The smallest absolute Gasteiger partial charge is 0.237 e. The molecular weight excluding hydrogens is 262 g/mol. The third-order valence-electron chi connectivity index (χ3n) is 4.00. The maximum absolute atomic E-state index is 13.7.